The molecule has 0 saturated carbocycles. The molecule has 1 aliphatic rings. The van der Waals surface area contributed by atoms with Crippen molar-refractivity contribution in [1.29, 1.82) is 0 Å². The van der Waals surface area contributed by atoms with Crippen LogP contribution in [0.15, 0.2) is 18.2 Å². The van der Waals surface area contributed by atoms with Crippen molar-refractivity contribution in [2.24, 2.45) is 5.92 Å². The van der Waals surface area contributed by atoms with E-state index in [1.165, 1.54) is 0 Å². The molecule has 1 aromatic rings. The summed E-state index contributed by atoms with van der Waals surface area (Å²) in [4.78, 5) is 4.68. The van der Waals surface area contributed by atoms with Crippen LogP contribution in [-0.2, 0) is 6.54 Å². The van der Waals surface area contributed by atoms with Crippen molar-refractivity contribution in [3.63, 3.8) is 0 Å². The maximum absolute atomic E-state index is 10.1. The molecule has 1 N–H and O–H groups in total. The molecule has 4 nitrogen and oxygen atoms in total. The van der Waals surface area contributed by atoms with Gasteiger partial charge in [-0.2, -0.15) is 0 Å². The molecule has 1 fully saturated rings. The van der Waals surface area contributed by atoms with Crippen molar-refractivity contribution in [2.75, 3.05) is 34.3 Å². The van der Waals surface area contributed by atoms with Gasteiger partial charge in [0, 0.05) is 31.2 Å². The van der Waals surface area contributed by atoms with Crippen molar-refractivity contribution in [3.05, 3.63) is 23.8 Å². The zero-order valence-electron chi connectivity index (χ0n) is 12.3. The molecular formula is C15H24N2O2. The van der Waals surface area contributed by atoms with Gasteiger partial charge in [0.25, 0.3) is 0 Å². The molecular weight excluding hydrogens is 240 g/mol. The molecule has 0 bridgehead atoms. The number of likely N-dealkylation sites (tertiary alicyclic amines) is 1. The number of para-hydroxylation sites is 1. The minimum absolute atomic E-state index is 0.269. The molecule has 0 radical (unpaired) electrons. The first kappa shape index (κ1) is 14.2. The third-order valence-electron chi connectivity index (χ3n) is 4.01. The van der Waals surface area contributed by atoms with Crippen LogP contribution in [0.2, 0.25) is 0 Å². The van der Waals surface area contributed by atoms with Crippen LogP contribution in [-0.4, -0.2) is 55.2 Å². The second-order valence-electron chi connectivity index (χ2n) is 5.67. The molecule has 0 aromatic heterocycles. The normalized spacial score (nSPS) is 24.1. The Morgan fingerprint density at radius 3 is 2.68 bits per heavy atom. The number of ether oxygens (including phenoxy) is 1. The smallest absolute Gasteiger partial charge is 0.162 e. The number of likely N-dealkylation sites (N-methyl/N-ethyl adjacent to an activating group) is 1. The van der Waals surface area contributed by atoms with Crippen LogP contribution < -0.4 is 4.74 Å². The third-order valence-corrected chi connectivity index (χ3v) is 4.01. The molecule has 0 aliphatic carbocycles. The van der Waals surface area contributed by atoms with Crippen LogP contribution in [0.1, 0.15) is 12.5 Å². The average molecular weight is 264 g/mol. The average Bonchev–Trinajstić information content (AvgIpc) is 2.73. The van der Waals surface area contributed by atoms with Crippen molar-refractivity contribution < 1.29 is 9.84 Å². The van der Waals surface area contributed by atoms with E-state index in [-0.39, 0.29) is 5.75 Å². The Balaban J connectivity index is 2.07. The van der Waals surface area contributed by atoms with Gasteiger partial charge in [0.15, 0.2) is 11.5 Å². The summed E-state index contributed by atoms with van der Waals surface area (Å²) in [5.74, 6) is 1.47. The molecule has 4 heteroatoms. The van der Waals surface area contributed by atoms with E-state index in [9.17, 15) is 5.11 Å². The summed E-state index contributed by atoms with van der Waals surface area (Å²) in [6.45, 7) is 5.18. The first-order valence-corrected chi connectivity index (χ1v) is 6.76. The van der Waals surface area contributed by atoms with Gasteiger partial charge >= 0.3 is 0 Å². The van der Waals surface area contributed by atoms with Crippen molar-refractivity contribution in [3.8, 4) is 11.5 Å². The summed E-state index contributed by atoms with van der Waals surface area (Å²) in [6.07, 6.45) is 0. The third kappa shape index (κ3) is 3.01. The molecule has 1 aliphatic heterocycles. The van der Waals surface area contributed by atoms with Gasteiger partial charge in [-0.3, -0.25) is 4.90 Å². The Morgan fingerprint density at radius 1 is 1.37 bits per heavy atom. The predicted molar refractivity (Wildman–Crippen MR) is 76.6 cm³/mol. The van der Waals surface area contributed by atoms with Gasteiger partial charge in [0.1, 0.15) is 0 Å². The van der Waals surface area contributed by atoms with E-state index in [2.05, 4.69) is 30.8 Å². The highest BCUT2D eigenvalue weighted by atomic mass is 16.5. The molecule has 2 rings (SSSR count). The standard InChI is InChI=1S/C15H24N2O2/c1-11-8-17(10-13(11)16(2)3)9-12-6-5-7-14(19-4)15(12)18/h5-7,11,13,18H,8-10H2,1-4H3. The number of phenols is 1. The van der Waals surface area contributed by atoms with Crippen LogP contribution >= 0.6 is 0 Å². The summed E-state index contributed by atoms with van der Waals surface area (Å²) in [7, 11) is 5.85. The predicted octanol–water partition coefficient (Wildman–Crippen LogP) is 1.78. The SMILES string of the molecule is COc1cccc(CN2CC(C)C(N(C)C)C2)c1O. The molecule has 2 unspecified atom stereocenters. The topological polar surface area (TPSA) is 35.9 Å². The Hall–Kier alpha value is -1.26. The lowest BCUT2D eigenvalue weighted by molar-refractivity contribution is 0.249. The summed E-state index contributed by atoms with van der Waals surface area (Å²) in [6, 6.07) is 6.27. The van der Waals surface area contributed by atoms with Gasteiger partial charge in [-0.05, 0) is 26.1 Å². The first-order chi connectivity index (χ1) is 9.02. The Bertz CT molecular complexity index is 434. The summed E-state index contributed by atoms with van der Waals surface area (Å²) in [5.41, 5.74) is 0.936. The zero-order chi connectivity index (χ0) is 14.0. The molecule has 1 heterocycles. The Morgan fingerprint density at radius 2 is 2.11 bits per heavy atom. The van der Waals surface area contributed by atoms with Crippen LogP contribution in [0.4, 0.5) is 0 Å². The van der Waals surface area contributed by atoms with Crippen molar-refractivity contribution in [1.82, 2.24) is 9.80 Å². The fourth-order valence-corrected chi connectivity index (χ4v) is 2.95. The lowest BCUT2D eigenvalue weighted by Crippen LogP contribution is -2.34. The van der Waals surface area contributed by atoms with Gasteiger partial charge in [0.2, 0.25) is 0 Å². The van der Waals surface area contributed by atoms with E-state index in [4.69, 9.17) is 4.74 Å². The first-order valence-electron chi connectivity index (χ1n) is 6.76. The van der Waals surface area contributed by atoms with Gasteiger partial charge in [-0.25, -0.2) is 0 Å². The van der Waals surface area contributed by atoms with Crippen LogP contribution in [0, 0.1) is 5.92 Å². The number of hydrogen-bond donors (Lipinski definition) is 1. The molecule has 1 saturated heterocycles. The highest BCUT2D eigenvalue weighted by Gasteiger charge is 2.31. The summed E-state index contributed by atoms with van der Waals surface area (Å²) >= 11 is 0. The van der Waals surface area contributed by atoms with Gasteiger partial charge < -0.3 is 14.7 Å². The maximum atomic E-state index is 10.1. The van der Waals surface area contributed by atoms with Crippen molar-refractivity contribution in [2.45, 2.75) is 19.5 Å². The molecule has 106 valence electrons. The Labute approximate surface area is 115 Å². The van der Waals surface area contributed by atoms with E-state index in [0.29, 0.717) is 17.7 Å². The molecule has 0 amide bonds. The number of rotatable bonds is 4. The lowest BCUT2D eigenvalue weighted by atomic mass is 10.1. The molecule has 2 atom stereocenters. The number of methoxy groups -OCH3 is 1. The Kier molecular flexibility index (Phi) is 4.32. The number of benzene rings is 1. The number of nitrogens with zero attached hydrogens (tertiary/aromatic N) is 2. The fraction of sp³-hybridized carbons (Fsp3) is 0.600. The minimum atomic E-state index is 0.269. The van der Waals surface area contributed by atoms with Crippen LogP contribution in [0.25, 0.3) is 0 Å². The van der Waals surface area contributed by atoms with E-state index >= 15 is 0 Å². The molecule has 0 spiro atoms. The highest BCUT2D eigenvalue weighted by Crippen LogP contribution is 2.31. The quantitative estimate of drug-likeness (QED) is 0.899. The number of phenolic OH excluding ortho intramolecular Hbond substituents is 1. The largest absolute Gasteiger partial charge is 0.504 e. The minimum Gasteiger partial charge on any atom is -0.504 e. The van der Waals surface area contributed by atoms with Crippen LogP contribution in [0.5, 0.6) is 11.5 Å². The second kappa shape index (κ2) is 5.80. The zero-order valence-corrected chi connectivity index (χ0v) is 12.3. The van der Waals surface area contributed by atoms with E-state index < -0.39 is 0 Å². The van der Waals surface area contributed by atoms with Gasteiger partial charge in [-0.15, -0.1) is 0 Å². The molecule has 1 aromatic carbocycles. The monoisotopic (exact) mass is 264 g/mol. The summed E-state index contributed by atoms with van der Waals surface area (Å²) in [5, 5.41) is 10.1. The number of aromatic hydroxyl groups is 1. The highest BCUT2D eigenvalue weighted by molar-refractivity contribution is 5.45. The summed E-state index contributed by atoms with van der Waals surface area (Å²) < 4.78 is 5.15. The molecule has 19 heavy (non-hydrogen) atoms. The second-order valence-corrected chi connectivity index (χ2v) is 5.67. The maximum Gasteiger partial charge on any atom is 0.162 e. The lowest BCUT2D eigenvalue weighted by Gasteiger charge is -2.22. The van der Waals surface area contributed by atoms with Gasteiger partial charge in [-0.1, -0.05) is 19.1 Å². The van der Waals surface area contributed by atoms with Crippen molar-refractivity contribution >= 4 is 0 Å². The van der Waals surface area contributed by atoms with E-state index in [1.54, 1.807) is 13.2 Å². The van der Waals surface area contributed by atoms with E-state index in [0.717, 1.165) is 25.2 Å². The fourth-order valence-electron chi connectivity index (χ4n) is 2.95. The van der Waals surface area contributed by atoms with E-state index in [1.807, 2.05) is 12.1 Å². The van der Waals surface area contributed by atoms with Gasteiger partial charge in [0.05, 0.1) is 7.11 Å². The van der Waals surface area contributed by atoms with Crippen LogP contribution in [0.3, 0.4) is 0 Å². The number of hydrogen-bond acceptors (Lipinski definition) is 4.